The molecule has 3 aliphatic carbocycles. The summed E-state index contributed by atoms with van der Waals surface area (Å²) in [5, 5.41) is 33.6. The highest BCUT2D eigenvalue weighted by molar-refractivity contribution is 5.92. The Bertz CT molecular complexity index is 1510. The van der Waals surface area contributed by atoms with E-state index in [0.717, 1.165) is 0 Å². The van der Waals surface area contributed by atoms with Gasteiger partial charge in [-0.25, -0.2) is 0 Å². The summed E-state index contributed by atoms with van der Waals surface area (Å²) < 4.78 is 60.8. The van der Waals surface area contributed by atoms with Gasteiger partial charge in [0.25, 0.3) is 0 Å². The minimum atomic E-state index is -1.55. The number of ketones is 1. The van der Waals surface area contributed by atoms with Crippen LogP contribution in [0.5, 0.6) is 0 Å². The van der Waals surface area contributed by atoms with Gasteiger partial charge < -0.3 is 62.4 Å². The molecule has 310 valence electrons. The zero-order valence-corrected chi connectivity index (χ0v) is 33.5. The van der Waals surface area contributed by atoms with Gasteiger partial charge in [0.2, 0.25) is 0 Å². The predicted octanol–water partition coefficient (Wildman–Crippen LogP) is 3.83. The maximum absolute atomic E-state index is 13.9. The van der Waals surface area contributed by atoms with Gasteiger partial charge in [0, 0.05) is 52.1 Å². The average Bonchev–Trinajstić information content (AvgIpc) is 3.59. The van der Waals surface area contributed by atoms with Crippen LogP contribution in [0.2, 0.25) is 0 Å². The van der Waals surface area contributed by atoms with E-state index in [9.17, 15) is 20.1 Å². The summed E-state index contributed by atoms with van der Waals surface area (Å²) in [5.41, 5.74) is -0.202. The van der Waals surface area contributed by atoms with Crippen molar-refractivity contribution in [1.82, 2.24) is 0 Å². The van der Waals surface area contributed by atoms with E-state index in [4.69, 9.17) is 47.0 Å². The van der Waals surface area contributed by atoms with Crippen LogP contribution < -0.4 is 0 Å². The number of ether oxygens (including phenoxy) is 9. The molecular formula is C41H62O14. The van der Waals surface area contributed by atoms with Crippen molar-refractivity contribution in [3.8, 4) is 0 Å². The van der Waals surface area contributed by atoms with E-state index in [-0.39, 0.29) is 29.8 Å². The molecule has 3 N–H and O–H groups in total. The number of methoxy groups -OCH3 is 3. The van der Waals surface area contributed by atoms with Crippen LogP contribution in [0.1, 0.15) is 90.4 Å². The van der Waals surface area contributed by atoms with Crippen molar-refractivity contribution in [2.45, 2.75) is 178 Å². The molecule has 0 amide bonds. The van der Waals surface area contributed by atoms with E-state index in [1.807, 2.05) is 13.8 Å². The SMILES string of the molecule is CO[C@H]1C[C@H](O[C@@H]2[C@H](C)O[C@@H](O[C@@H]3[C@H](C)O[C@@H](O[C@@H]4CC5=CCC6C(=O)[C@@](O)(c7ccoc7C)CCC6[C@@]5(C)C[C@H]4O)C[C@H]3OC)C[C@@H]2OC)O[C@H](C)[C@H]1O. The Hall–Kier alpha value is -1.79. The Balaban J connectivity index is 0.949. The molecule has 18 atom stereocenters. The smallest absolute Gasteiger partial charge is 0.172 e. The van der Waals surface area contributed by atoms with E-state index in [2.05, 4.69) is 13.0 Å². The number of hydrogen-bond donors (Lipinski definition) is 3. The number of hydrogen-bond acceptors (Lipinski definition) is 14. The third kappa shape index (κ3) is 7.76. The minimum absolute atomic E-state index is 0.00964. The highest BCUT2D eigenvalue weighted by atomic mass is 16.7. The standard InChI is InChI=1S/C41H62O14/c1-20-26(12-14-49-20)41(45)13-11-27-25(39(41)44)10-9-24-15-29(28(42)19-40(24,27)5)53-33-17-31(47-7)37(22(3)51-33)55-35-18-32(48-8)38(23(4)52-35)54-34-16-30(46-6)36(43)21(2)50-34/h9,12,14,21-23,25,27-38,42-43,45H,10-11,13,15-19H2,1-8H3/t21-,22+,23+,25?,27?,28-,29-,30+,31-,32+,33+,34+,35+,36-,37-,38-,40+,41+/m1/s1. The van der Waals surface area contributed by atoms with Gasteiger partial charge >= 0.3 is 0 Å². The molecule has 55 heavy (non-hydrogen) atoms. The first-order valence-electron chi connectivity index (χ1n) is 20.1. The largest absolute Gasteiger partial charge is 0.469 e. The fraction of sp³-hybridized carbons (Fsp3) is 0.829. The molecule has 0 spiro atoms. The molecule has 4 heterocycles. The number of aliphatic hydroxyl groups excluding tert-OH is 2. The first-order valence-corrected chi connectivity index (χ1v) is 20.1. The summed E-state index contributed by atoms with van der Waals surface area (Å²) in [4.78, 5) is 13.9. The van der Waals surface area contributed by atoms with Crippen molar-refractivity contribution in [2.24, 2.45) is 17.3 Å². The Morgan fingerprint density at radius 1 is 0.800 bits per heavy atom. The number of fused-ring (bicyclic) bond motifs is 3. The molecule has 6 aliphatic rings. The number of aryl methyl sites for hydroxylation is 1. The van der Waals surface area contributed by atoms with Crippen molar-refractivity contribution in [1.29, 1.82) is 0 Å². The molecule has 0 radical (unpaired) electrons. The predicted molar refractivity (Wildman–Crippen MR) is 194 cm³/mol. The molecule has 0 aromatic carbocycles. The normalized spacial score (nSPS) is 47.8. The second-order valence-corrected chi connectivity index (χ2v) is 16.9. The highest BCUT2D eigenvalue weighted by Gasteiger charge is 2.58. The molecule has 2 saturated carbocycles. The van der Waals surface area contributed by atoms with Gasteiger partial charge in [-0.15, -0.1) is 0 Å². The first kappa shape index (κ1) is 41.4. The van der Waals surface area contributed by atoms with Gasteiger partial charge in [0.1, 0.15) is 24.1 Å². The van der Waals surface area contributed by atoms with E-state index in [1.165, 1.54) is 11.8 Å². The average molecular weight is 779 g/mol. The Morgan fingerprint density at radius 3 is 1.93 bits per heavy atom. The van der Waals surface area contributed by atoms with E-state index in [0.29, 0.717) is 62.7 Å². The molecule has 1 aromatic heterocycles. The number of carbonyl (C=O) groups excluding carboxylic acids is 1. The monoisotopic (exact) mass is 778 g/mol. The topological polar surface area (TPSA) is 174 Å². The molecular weight excluding hydrogens is 716 g/mol. The van der Waals surface area contributed by atoms with E-state index < -0.39 is 84.8 Å². The van der Waals surface area contributed by atoms with Crippen molar-refractivity contribution >= 4 is 5.78 Å². The van der Waals surface area contributed by atoms with Crippen molar-refractivity contribution in [2.75, 3.05) is 21.3 Å². The molecule has 5 fully saturated rings. The van der Waals surface area contributed by atoms with Crippen molar-refractivity contribution in [3.63, 3.8) is 0 Å². The third-order valence-corrected chi connectivity index (χ3v) is 13.8. The van der Waals surface area contributed by atoms with Crippen LogP contribution in [0.4, 0.5) is 0 Å². The lowest BCUT2D eigenvalue weighted by molar-refractivity contribution is -0.339. The number of furan rings is 1. The Morgan fingerprint density at radius 2 is 1.36 bits per heavy atom. The number of aliphatic hydroxyl groups is 3. The molecule has 1 aromatic rings. The molecule has 3 saturated heterocycles. The van der Waals surface area contributed by atoms with Crippen LogP contribution in [0.25, 0.3) is 0 Å². The summed E-state index contributed by atoms with van der Waals surface area (Å²) in [6.45, 7) is 9.56. The Kier molecular flexibility index (Phi) is 12.4. The molecule has 0 bridgehead atoms. The molecule has 14 heteroatoms. The summed E-state index contributed by atoms with van der Waals surface area (Å²) in [5.74, 6) is 0.0782. The van der Waals surface area contributed by atoms with Gasteiger partial charge in [-0.1, -0.05) is 18.6 Å². The summed E-state index contributed by atoms with van der Waals surface area (Å²) in [7, 11) is 4.84. The minimum Gasteiger partial charge on any atom is -0.469 e. The van der Waals surface area contributed by atoms with E-state index in [1.54, 1.807) is 41.2 Å². The van der Waals surface area contributed by atoms with Crippen LogP contribution in [-0.4, -0.2) is 128 Å². The maximum Gasteiger partial charge on any atom is 0.172 e. The van der Waals surface area contributed by atoms with Crippen LogP contribution in [-0.2, 0) is 53.0 Å². The van der Waals surface area contributed by atoms with Crippen LogP contribution in [0, 0.1) is 24.2 Å². The Labute approximate surface area is 324 Å². The van der Waals surface area contributed by atoms with Gasteiger partial charge in [0.05, 0.1) is 55.1 Å². The zero-order chi connectivity index (χ0) is 39.4. The first-order chi connectivity index (χ1) is 26.2. The van der Waals surface area contributed by atoms with Crippen molar-refractivity contribution in [3.05, 3.63) is 35.3 Å². The third-order valence-electron chi connectivity index (χ3n) is 13.8. The second kappa shape index (κ2) is 16.5. The van der Waals surface area contributed by atoms with Gasteiger partial charge in [-0.05, 0) is 77.2 Å². The lowest BCUT2D eigenvalue weighted by atomic mass is 9.51. The summed E-state index contributed by atoms with van der Waals surface area (Å²) in [6, 6.07) is 1.70. The van der Waals surface area contributed by atoms with Gasteiger partial charge in [-0.3, -0.25) is 4.79 Å². The number of allylic oxidation sites excluding steroid dienone is 1. The molecule has 2 unspecified atom stereocenters. The second-order valence-electron chi connectivity index (χ2n) is 16.9. The number of carbonyl (C=O) groups is 1. The number of rotatable bonds is 10. The fourth-order valence-corrected chi connectivity index (χ4v) is 10.6. The highest BCUT2D eigenvalue weighted by Crippen LogP contribution is 2.58. The molecule has 7 rings (SSSR count). The van der Waals surface area contributed by atoms with Crippen LogP contribution in [0.15, 0.2) is 28.4 Å². The number of Topliss-reactive ketones (excluding diaryl/α,β-unsaturated/α-hetero) is 1. The molecule has 3 aliphatic heterocycles. The zero-order valence-electron chi connectivity index (χ0n) is 33.5. The summed E-state index contributed by atoms with van der Waals surface area (Å²) in [6.07, 6.45) is 0.230. The fourth-order valence-electron chi connectivity index (χ4n) is 10.6. The quantitative estimate of drug-likeness (QED) is 0.293. The lowest BCUT2D eigenvalue weighted by Gasteiger charge is -2.55. The summed E-state index contributed by atoms with van der Waals surface area (Å²) >= 11 is 0. The van der Waals surface area contributed by atoms with Crippen LogP contribution in [0.3, 0.4) is 0 Å². The lowest BCUT2D eigenvalue weighted by Crippen LogP contribution is -2.58. The maximum atomic E-state index is 13.9. The van der Waals surface area contributed by atoms with Crippen molar-refractivity contribution < 1.29 is 67.2 Å². The molecule has 14 nitrogen and oxygen atoms in total. The van der Waals surface area contributed by atoms with Crippen LogP contribution >= 0.6 is 0 Å². The van der Waals surface area contributed by atoms with Gasteiger partial charge in [0.15, 0.2) is 30.3 Å². The van der Waals surface area contributed by atoms with E-state index >= 15 is 0 Å². The van der Waals surface area contributed by atoms with Gasteiger partial charge in [-0.2, -0.15) is 0 Å².